The van der Waals surface area contributed by atoms with Crippen LogP contribution in [0.2, 0.25) is 0 Å². The van der Waals surface area contributed by atoms with Gasteiger partial charge in [0.15, 0.2) is 3.60 Å². The maximum Gasteiger partial charge on any atom is 0.679 e. The molecule has 0 spiro atoms. The van der Waals surface area contributed by atoms with E-state index in [0.717, 1.165) is 7.11 Å². The lowest BCUT2D eigenvalue weighted by atomic mass is 10.3. The molecule has 0 aliphatic rings. The van der Waals surface area contributed by atoms with Gasteiger partial charge in [0.25, 0.3) is 0 Å². The topological polar surface area (TPSA) is 140 Å². The van der Waals surface area contributed by atoms with E-state index in [9.17, 15) is 17.3 Å². The molecule has 0 heterocycles. The first-order valence-electron chi connectivity index (χ1n) is 5.34. The number of hydrogen-bond acceptors (Lipinski definition) is 11. The average molecular weight is 422 g/mol. The fourth-order valence-corrected chi connectivity index (χ4v) is 3.04. The molecule has 24 heavy (non-hydrogen) atoms. The Hall–Kier alpha value is 0.710. The minimum Gasteiger partial charge on any atom is -0.398 e. The highest BCUT2D eigenvalue weighted by Crippen LogP contribution is 2.44. The van der Waals surface area contributed by atoms with Gasteiger partial charge >= 0.3 is 29.6 Å². The molecule has 0 aliphatic heterocycles. The lowest BCUT2D eigenvalue weighted by Gasteiger charge is -2.27. The first kappa shape index (κ1) is 32.4. The molecule has 0 aromatic rings. The highest BCUT2D eigenvalue weighted by molar-refractivity contribution is 8.32. The SMILES string of the molecule is COB(O)F.CSC(OB(O)F)(SC)SC.OB(O)F.OB(O)F. The molecule has 0 rings (SSSR count). The Bertz CT molecular complexity index is 228. The number of halogens is 4. The quantitative estimate of drug-likeness (QED) is 0.180. The van der Waals surface area contributed by atoms with Gasteiger partial charge in [-0.05, 0) is 18.8 Å². The Balaban J connectivity index is -0.000000128. The molecule has 0 aromatic carbocycles. The molecule has 0 saturated heterocycles. The van der Waals surface area contributed by atoms with Crippen LogP contribution < -0.4 is 0 Å². The molecule has 0 bridgehead atoms. The molecule has 6 N–H and O–H groups in total. The molecule has 19 heteroatoms. The molecule has 0 aliphatic carbocycles. The standard InChI is InChI=1S/C4H10BFO2S3.CH4BFO2.2BFH2O2/c1-9-4(10-2,11-3)8-5(6)7;1-5-2(3)4;2*2-1(3)4/h7H,1-3H3;4H,1H3;2*3-4H. The van der Waals surface area contributed by atoms with E-state index in [2.05, 4.69) is 9.31 Å². The third kappa shape index (κ3) is 38.3. The largest absolute Gasteiger partial charge is 0.679 e. The number of hydrogen-bond donors (Lipinski definition) is 6. The minimum atomic E-state index is -2.67. The molecule has 0 amide bonds. The van der Waals surface area contributed by atoms with Crippen molar-refractivity contribution in [1.29, 1.82) is 0 Å². The van der Waals surface area contributed by atoms with E-state index >= 15 is 0 Å². The zero-order valence-electron chi connectivity index (χ0n) is 13.0. The highest BCUT2D eigenvalue weighted by atomic mass is 32.3. The molecule has 0 atom stereocenters. The van der Waals surface area contributed by atoms with Crippen molar-refractivity contribution in [1.82, 2.24) is 0 Å². The molecule has 8 nitrogen and oxygen atoms in total. The summed E-state index contributed by atoms with van der Waals surface area (Å²) in [7, 11) is -8.58. The fraction of sp³-hybridized carbons (Fsp3) is 1.00. The molecule has 0 radical (unpaired) electrons. The van der Waals surface area contributed by atoms with Crippen LogP contribution in [-0.2, 0) is 9.31 Å². The summed E-state index contributed by atoms with van der Waals surface area (Å²) >= 11 is 4.05. The lowest BCUT2D eigenvalue weighted by molar-refractivity contribution is 0.232. The first-order valence-corrected chi connectivity index (χ1v) is 9.02. The van der Waals surface area contributed by atoms with Gasteiger partial charge in [0, 0.05) is 7.11 Å². The van der Waals surface area contributed by atoms with Gasteiger partial charge in [0.2, 0.25) is 0 Å². The van der Waals surface area contributed by atoms with Gasteiger partial charge < -0.3 is 39.5 Å². The van der Waals surface area contributed by atoms with Gasteiger partial charge in [-0.2, -0.15) is 0 Å². The minimum absolute atomic E-state index is 0.728. The predicted molar refractivity (Wildman–Crippen MR) is 92.1 cm³/mol. The summed E-state index contributed by atoms with van der Waals surface area (Å²) < 4.78 is 50.6. The van der Waals surface area contributed by atoms with Gasteiger partial charge in [0.1, 0.15) is 0 Å². The lowest BCUT2D eigenvalue weighted by Crippen LogP contribution is -2.27. The zero-order chi connectivity index (χ0) is 20.3. The van der Waals surface area contributed by atoms with Crippen LogP contribution in [0, 0.1) is 0 Å². The van der Waals surface area contributed by atoms with E-state index in [0.29, 0.717) is 0 Å². The summed E-state index contributed by atoms with van der Waals surface area (Å²) in [6.07, 6.45) is 5.40. The third-order valence-corrected chi connectivity index (χ3v) is 5.97. The predicted octanol–water partition coefficient (Wildman–Crippen LogP) is -0.920. The van der Waals surface area contributed by atoms with E-state index in [1.165, 1.54) is 35.3 Å². The summed E-state index contributed by atoms with van der Waals surface area (Å²) in [5.41, 5.74) is 0. The van der Waals surface area contributed by atoms with Crippen molar-refractivity contribution in [2.24, 2.45) is 0 Å². The highest BCUT2D eigenvalue weighted by Gasteiger charge is 2.33. The van der Waals surface area contributed by atoms with Gasteiger partial charge in [0.05, 0.1) is 0 Å². The fourth-order valence-electron chi connectivity index (χ4n) is 0.513. The Kier molecular flexibility index (Phi) is 29.4. The maximum atomic E-state index is 12.1. The van der Waals surface area contributed by atoms with Crippen LogP contribution in [0.15, 0.2) is 0 Å². The second-order valence-electron chi connectivity index (χ2n) is 2.67. The molecule has 0 fully saturated rings. The number of thioether (sulfide) groups is 3. The average Bonchev–Trinajstić information content (AvgIpc) is 2.44. The summed E-state index contributed by atoms with van der Waals surface area (Å²) in [5, 5.41) is 43.6. The third-order valence-electron chi connectivity index (χ3n) is 1.19. The van der Waals surface area contributed by atoms with Crippen molar-refractivity contribution in [3.05, 3.63) is 0 Å². The first-order chi connectivity index (χ1) is 10.8. The summed E-state index contributed by atoms with van der Waals surface area (Å²) in [4.78, 5) is 0. The van der Waals surface area contributed by atoms with Crippen molar-refractivity contribution >= 4 is 64.9 Å². The molecular weight excluding hydrogens is 403 g/mol. The molecule has 144 valence electrons. The van der Waals surface area contributed by atoms with Gasteiger partial charge in [-0.1, -0.05) is 0 Å². The second-order valence-corrected chi connectivity index (χ2v) is 6.40. The molecule has 0 saturated carbocycles. The summed E-state index contributed by atoms with van der Waals surface area (Å²) in [6, 6.07) is 0. The zero-order valence-corrected chi connectivity index (χ0v) is 15.5. The van der Waals surface area contributed by atoms with Crippen LogP contribution >= 0.6 is 35.3 Å². The van der Waals surface area contributed by atoms with Crippen molar-refractivity contribution in [3.8, 4) is 0 Å². The van der Waals surface area contributed by atoms with Crippen LogP contribution in [0.1, 0.15) is 0 Å². The molecular formula is C5H18B4F4O8S3. The Labute approximate surface area is 151 Å². The Morgan fingerprint density at radius 1 is 0.708 bits per heavy atom. The van der Waals surface area contributed by atoms with Crippen molar-refractivity contribution in [2.75, 3.05) is 25.9 Å². The molecule has 0 unspecified atom stereocenters. The van der Waals surface area contributed by atoms with Crippen LogP contribution in [-0.4, -0.2) is 89.2 Å². The van der Waals surface area contributed by atoms with Crippen LogP contribution in [0.4, 0.5) is 17.3 Å². The van der Waals surface area contributed by atoms with E-state index in [1.807, 2.05) is 0 Å². The van der Waals surface area contributed by atoms with Gasteiger partial charge in [-0.15, -0.1) is 35.3 Å². The van der Waals surface area contributed by atoms with Crippen molar-refractivity contribution < 1.29 is 56.7 Å². The van der Waals surface area contributed by atoms with Crippen molar-refractivity contribution in [2.45, 2.75) is 3.60 Å². The monoisotopic (exact) mass is 422 g/mol. The summed E-state index contributed by atoms with van der Waals surface area (Å²) in [5.74, 6) is 0. The Morgan fingerprint density at radius 3 is 0.958 bits per heavy atom. The van der Waals surface area contributed by atoms with Crippen LogP contribution in [0.25, 0.3) is 0 Å². The maximum absolute atomic E-state index is 12.1. The van der Waals surface area contributed by atoms with Crippen LogP contribution in [0.3, 0.4) is 0 Å². The van der Waals surface area contributed by atoms with E-state index in [4.69, 9.17) is 30.1 Å². The van der Waals surface area contributed by atoms with E-state index in [1.54, 1.807) is 18.8 Å². The smallest absolute Gasteiger partial charge is 0.398 e. The normalized spacial score (nSPS) is 9.25. The second kappa shape index (κ2) is 21.8. The van der Waals surface area contributed by atoms with E-state index < -0.39 is 33.2 Å². The van der Waals surface area contributed by atoms with Crippen LogP contribution in [0.5, 0.6) is 0 Å². The Morgan fingerprint density at radius 2 is 0.917 bits per heavy atom. The number of rotatable bonds is 6. The van der Waals surface area contributed by atoms with E-state index in [-0.39, 0.29) is 0 Å². The molecule has 0 aromatic heterocycles. The summed E-state index contributed by atoms with van der Waals surface area (Å²) in [6.45, 7) is 0. The van der Waals surface area contributed by atoms with Crippen molar-refractivity contribution in [3.63, 3.8) is 0 Å². The van der Waals surface area contributed by atoms with Gasteiger partial charge in [-0.25, -0.2) is 0 Å². The van der Waals surface area contributed by atoms with Gasteiger partial charge in [-0.3, -0.25) is 17.3 Å².